The average molecular weight is 280 g/mol. The third kappa shape index (κ3) is 4.66. The van der Waals surface area contributed by atoms with E-state index in [0.29, 0.717) is 30.8 Å². The van der Waals surface area contributed by atoms with Gasteiger partial charge in [-0.2, -0.15) is 0 Å². The van der Waals surface area contributed by atoms with Crippen LogP contribution in [0.5, 0.6) is 0 Å². The van der Waals surface area contributed by atoms with Crippen LogP contribution in [0.3, 0.4) is 0 Å². The summed E-state index contributed by atoms with van der Waals surface area (Å²) in [5, 5.41) is 9.35. The summed E-state index contributed by atoms with van der Waals surface area (Å²) >= 11 is 0. The fourth-order valence-corrected chi connectivity index (χ4v) is 1.83. The predicted molar refractivity (Wildman–Crippen MR) is 73.3 cm³/mol. The van der Waals surface area contributed by atoms with Gasteiger partial charge in [-0.25, -0.2) is 4.79 Å². The zero-order valence-corrected chi connectivity index (χ0v) is 11.8. The summed E-state index contributed by atoms with van der Waals surface area (Å²) in [5.41, 5.74) is 1.85. The van der Waals surface area contributed by atoms with Crippen molar-refractivity contribution in [1.82, 2.24) is 0 Å². The van der Waals surface area contributed by atoms with E-state index in [1.54, 1.807) is 32.0 Å². The number of rotatable bonds is 7. The van der Waals surface area contributed by atoms with Crippen LogP contribution in [0.4, 0.5) is 0 Å². The van der Waals surface area contributed by atoms with Crippen molar-refractivity contribution in [1.29, 1.82) is 0 Å². The Bertz CT molecular complexity index is 467. The third-order valence-corrected chi connectivity index (χ3v) is 2.79. The van der Waals surface area contributed by atoms with Crippen LogP contribution in [0.25, 0.3) is 0 Å². The molecule has 5 heteroatoms. The normalized spacial score (nSPS) is 10.2. The number of hydrogen-bond donors (Lipinski definition) is 1. The Kier molecular flexibility index (Phi) is 6.73. The van der Waals surface area contributed by atoms with Gasteiger partial charge >= 0.3 is 11.9 Å². The molecule has 0 amide bonds. The highest BCUT2D eigenvalue weighted by atomic mass is 16.5. The first-order chi connectivity index (χ1) is 9.62. The van der Waals surface area contributed by atoms with Gasteiger partial charge in [-0.3, -0.25) is 4.79 Å². The minimum absolute atomic E-state index is 0.189. The van der Waals surface area contributed by atoms with Crippen LogP contribution in [0.15, 0.2) is 18.2 Å². The largest absolute Gasteiger partial charge is 0.466 e. The molecule has 0 unspecified atom stereocenters. The van der Waals surface area contributed by atoms with Crippen LogP contribution in [-0.4, -0.2) is 30.3 Å². The lowest BCUT2D eigenvalue weighted by Gasteiger charge is -2.09. The molecule has 0 aliphatic heterocycles. The molecule has 1 aromatic rings. The zero-order valence-electron chi connectivity index (χ0n) is 11.8. The molecule has 0 radical (unpaired) electrons. The smallest absolute Gasteiger partial charge is 0.338 e. The molecule has 1 rings (SSSR count). The van der Waals surface area contributed by atoms with E-state index < -0.39 is 5.97 Å². The molecular weight excluding hydrogens is 260 g/mol. The first-order valence-corrected chi connectivity index (χ1v) is 6.67. The summed E-state index contributed by atoms with van der Waals surface area (Å²) in [7, 11) is 0. The summed E-state index contributed by atoms with van der Waals surface area (Å²) in [4.78, 5) is 22.9. The van der Waals surface area contributed by atoms with Gasteiger partial charge in [0.25, 0.3) is 0 Å². The van der Waals surface area contributed by atoms with Gasteiger partial charge in [-0.1, -0.05) is 6.07 Å². The number of carbonyl (C=O) groups excluding carboxylic acids is 2. The SMILES string of the molecule is CCOC(=O)CCc1ccc(C(=O)OCC)cc1CO. The average Bonchev–Trinajstić information content (AvgIpc) is 2.45. The Balaban J connectivity index is 2.77. The lowest BCUT2D eigenvalue weighted by molar-refractivity contribution is -0.143. The molecule has 0 aliphatic carbocycles. The van der Waals surface area contributed by atoms with Crippen molar-refractivity contribution >= 4 is 11.9 Å². The molecule has 1 N–H and O–H groups in total. The van der Waals surface area contributed by atoms with Crippen molar-refractivity contribution in [3.63, 3.8) is 0 Å². The Labute approximate surface area is 118 Å². The number of carbonyl (C=O) groups is 2. The van der Waals surface area contributed by atoms with Crippen molar-refractivity contribution < 1.29 is 24.2 Å². The highest BCUT2D eigenvalue weighted by Gasteiger charge is 2.11. The number of ether oxygens (including phenoxy) is 2. The van der Waals surface area contributed by atoms with Gasteiger partial charge in [-0.15, -0.1) is 0 Å². The molecule has 0 atom stereocenters. The number of hydrogen-bond acceptors (Lipinski definition) is 5. The van der Waals surface area contributed by atoms with E-state index >= 15 is 0 Å². The molecular formula is C15H20O5. The topological polar surface area (TPSA) is 72.8 Å². The molecule has 5 nitrogen and oxygen atoms in total. The lowest BCUT2D eigenvalue weighted by atomic mass is 10.0. The Morgan fingerprint density at radius 2 is 1.80 bits per heavy atom. The summed E-state index contributed by atoms with van der Waals surface area (Å²) < 4.78 is 9.76. The Morgan fingerprint density at radius 3 is 2.40 bits per heavy atom. The quantitative estimate of drug-likeness (QED) is 0.772. The van der Waals surface area contributed by atoms with Crippen molar-refractivity contribution in [2.45, 2.75) is 33.3 Å². The van der Waals surface area contributed by atoms with Crippen LogP contribution in [0.1, 0.15) is 41.8 Å². The molecule has 1 aromatic carbocycles. The summed E-state index contributed by atoms with van der Waals surface area (Å²) in [6.07, 6.45) is 0.720. The summed E-state index contributed by atoms with van der Waals surface area (Å²) in [6.45, 7) is 3.96. The molecule has 0 heterocycles. The van der Waals surface area contributed by atoms with E-state index in [4.69, 9.17) is 9.47 Å². The molecule has 0 bridgehead atoms. The van der Waals surface area contributed by atoms with Gasteiger partial charge in [-0.05, 0) is 43.5 Å². The van der Waals surface area contributed by atoms with E-state index in [1.165, 1.54) is 0 Å². The number of aliphatic hydroxyl groups excluding tert-OH is 1. The predicted octanol–water partition coefficient (Wildman–Crippen LogP) is 1.85. The molecule has 0 spiro atoms. The highest BCUT2D eigenvalue weighted by molar-refractivity contribution is 5.89. The third-order valence-electron chi connectivity index (χ3n) is 2.79. The lowest BCUT2D eigenvalue weighted by Crippen LogP contribution is -2.08. The summed E-state index contributed by atoms with van der Waals surface area (Å²) in [6, 6.07) is 4.97. The van der Waals surface area contributed by atoms with Crippen LogP contribution in [0.2, 0.25) is 0 Å². The highest BCUT2D eigenvalue weighted by Crippen LogP contribution is 2.15. The van der Waals surface area contributed by atoms with Gasteiger partial charge in [0.05, 0.1) is 25.4 Å². The number of aliphatic hydroxyl groups is 1. The zero-order chi connectivity index (χ0) is 15.0. The van der Waals surface area contributed by atoms with Crippen LogP contribution >= 0.6 is 0 Å². The van der Waals surface area contributed by atoms with Gasteiger partial charge in [0.1, 0.15) is 0 Å². The van der Waals surface area contributed by atoms with Crippen LogP contribution in [0, 0.1) is 0 Å². The van der Waals surface area contributed by atoms with E-state index in [-0.39, 0.29) is 19.0 Å². The second kappa shape index (κ2) is 8.32. The first-order valence-electron chi connectivity index (χ1n) is 6.67. The molecule has 0 aromatic heterocycles. The minimum atomic E-state index is -0.417. The standard InChI is InChI=1S/C15H20O5/c1-3-19-14(17)8-7-11-5-6-12(9-13(11)10-16)15(18)20-4-2/h5-6,9,16H,3-4,7-8,10H2,1-2H3. The first kappa shape index (κ1) is 16.2. The van der Waals surface area contributed by atoms with E-state index in [0.717, 1.165) is 5.56 Å². The number of aryl methyl sites for hydroxylation is 1. The number of esters is 2. The van der Waals surface area contributed by atoms with Crippen molar-refractivity contribution in [2.24, 2.45) is 0 Å². The second-order valence-electron chi connectivity index (χ2n) is 4.17. The maximum atomic E-state index is 11.6. The molecule has 110 valence electrons. The minimum Gasteiger partial charge on any atom is -0.466 e. The Morgan fingerprint density at radius 1 is 1.10 bits per heavy atom. The van der Waals surface area contributed by atoms with Gasteiger partial charge in [0.2, 0.25) is 0 Å². The van der Waals surface area contributed by atoms with Crippen molar-refractivity contribution in [3.05, 3.63) is 34.9 Å². The maximum Gasteiger partial charge on any atom is 0.338 e. The molecule has 0 aliphatic rings. The molecule has 0 saturated carbocycles. The van der Waals surface area contributed by atoms with Gasteiger partial charge in [0, 0.05) is 6.42 Å². The molecule has 0 saturated heterocycles. The Hall–Kier alpha value is -1.88. The van der Waals surface area contributed by atoms with Crippen LogP contribution in [-0.2, 0) is 27.3 Å². The maximum absolute atomic E-state index is 11.6. The molecule has 0 fully saturated rings. The van der Waals surface area contributed by atoms with E-state index in [9.17, 15) is 14.7 Å². The van der Waals surface area contributed by atoms with Crippen molar-refractivity contribution in [2.75, 3.05) is 13.2 Å². The fourth-order valence-electron chi connectivity index (χ4n) is 1.83. The summed E-state index contributed by atoms with van der Waals surface area (Å²) in [5.74, 6) is -0.690. The van der Waals surface area contributed by atoms with E-state index in [1.807, 2.05) is 0 Å². The monoisotopic (exact) mass is 280 g/mol. The van der Waals surface area contributed by atoms with Crippen LogP contribution < -0.4 is 0 Å². The van der Waals surface area contributed by atoms with E-state index in [2.05, 4.69) is 0 Å². The molecule has 20 heavy (non-hydrogen) atoms. The number of benzene rings is 1. The second-order valence-corrected chi connectivity index (χ2v) is 4.17. The van der Waals surface area contributed by atoms with Gasteiger partial charge < -0.3 is 14.6 Å². The van der Waals surface area contributed by atoms with Crippen molar-refractivity contribution in [3.8, 4) is 0 Å². The van der Waals surface area contributed by atoms with Gasteiger partial charge in [0.15, 0.2) is 0 Å². The fraction of sp³-hybridized carbons (Fsp3) is 0.467.